The highest BCUT2D eigenvalue weighted by atomic mass is 16.1. The van der Waals surface area contributed by atoms with Crippen LogP contribution < -0.4 is 11.1 Å². The Kier molecular flexibility index (Phi) is 8.26. The van der Waals surface area contributed by atoms with Gasteiger partial charge in [-0.3, -0.25) is 14.2 Å². The van der Waals surface area contributed by atoms with Crippen molar-refractivity contribution in [3.63, 3.8) is 0 Å². The number of carbonyl (C=O) groups excluding carboxylic acids is 1. The maximum absolute atomic E-state index is 11.9. The molecule has 4 aromatic rings. The van der Waals surface area contributed by atoms with Crippen molar-refractivity contribution in [2.75, 3.05) is 11.9 Å². The second-order valence-electron chi connectivity index (χ2n) is 7.95. The summed E-state index contributed by atoms with van der Waals surface area (Å²) in [5, 5.41) is 19.5. The lowest BCUT2D eigenvalue weighted by molar-refractivity contribution is -0.115. The molecule has 0 aliphatic carbocycles. The van der Waals surface area contributed by atoms with Gasteiger partial charge in [-0.1, -0.05) is 19.1 Å². The summed E-state index contributed by atoms with van der Waals surface area (Å²) in [4.78, 5) is 16.2. The molecular formula is C25H28N8O. The lowest BCUT2D eigenvalue weighted by Gasteiger charge is -2.07. The zero-order valence-corrected chi connectivity index (χ0v) is 19.5. The van der Waals surface area contributed by atoms with Crippen molar-refractivity contribution in [1.82, 2.24) is 24.5 Å². The maximum Gasteiger partial charge on any atom is 0.230 e. The highest BCUT2D eigenvalue weighted by Crippen LogP contribution is 2.18. The summed E-state index contributed by atoms with van der Waals surface area (Å²) in [6.45, 7) is 2.72. The van der Waals surface area contributed by atoms with Gasteiger partial charge < -0.3 is 11.1 Å². The lowest BCUT2D eigenvalue weighted by atomic mass is 10.0. The Morgan fingerprint density at radius 3 is 2.26 bits per heavy atom. The second kappa shape index (κ2) is 11.5. The summed E-state index contributed by atoms with van der Waals surface area (Å²) in [5.41, 5.74) is 10.2. The number of aromatic nitrogens is 5. The van der Waals surface area contributed by atoms with E-state index < -0.39 is 0 Å². The second-order valence-corrected chi connectivity index (χ2v) is 7.95. The summed E-state index contributed by atoms with van der Waals surface area (Å²) in [6, 6.07) is 13.3. The highest BCUT2D eigenvalue weighted by molar-refractivity contribution is 5.91. The van der Waals surface area contributed by atoms with E-state index in [9.17, 15) is 4.79 Å². The van der Waals surface area contributed by atoms with Crippen LogP contribution in [0.15, 0.2) is 67.4 Å². The molecule has 174 valence electrons. The first-order chi connectivity index (χ1) is 16.4. The Labute approximate surface area is 198 Å². The summed E-state index contributed by atoms with van der Waals surface area (Å²) < 4.78 is 3.41. The first-order valence-corrected chi connectivity index (χ1v) is 10.8. The van der Waals surface area contributed by atoms with Crippen LogP contribution >= 0.6 is 0 Å². The number of nitrogens with two attached hydrogens (primary N) is 1. The van der Waals surface area contributed by atoms with Crippen molar-refractivity contribution in [3.8, 4) is 17.2 Å². The fourth-order valence-corrected chi connectivity index (χ4v) is 3.17. The number of anilines is 1. The van der Waals surface area contributed by atoms with Gasteiger partial charge in [-0.15, -0.1) is 0 Å². The van der Waals surface area contributed by atoms with Gasteiger partial charge in [-0.25, -0.2) is 4.98 Å². The molecule has 1 aromatic carbocycles. The summed E-state index contributed by atoms with van der Waals surface area (Å²) in [5.74, 6) is 0.786. The van der Waals surface area contributed by atoms with Gasteiger partial charge in [0.05, 0.1) is 30.4 Å². The van der Waals surface area contributed by atoms with Gasteiger partial charge in [0, 0.05) is 43.8 Å². The van der Waals surface area contributed by atoms with E-state index in [4.69, 9.17) is 11.0 Å². The average Bonchev–Trinajstić information content (AvgIpc) is 3.47. The van der Waals surface area contributed by atoms with Crippen LogP contribution in [-0.2, 0) is 25.3 Å². The van der Waals surface area contributed by atoms with Gasteiger partial charge in [0.15, 0.2) is 0 Å². The summed E-state index contributed by atoms with van der Waals surface area (Å²) >= 11 is 0. The van der Waals surface area contributed by atoms with Crippen molar-refractivity contribution in [3.05, 3.63) is 84.1 Å². The van der Waals surface area contributed by atoms with Gasteiger partial charge in [0.1, 0.15) is 5.82 Å². The summed E-state index contributed by atoms with van der Waals surface area (Å²) in [6.07, 6.45) is 9.18. The molecule has 0 radical (unpaired) electrons. The van der Waals surface area contributed by atoms with Crippen molar-refractivity contribution < 1.29 is 4.79 Å². The SMILES string of the molecule is CC(CN)c1ccc(C#N)cc1.Cn1cc(CC(=O)Nc2ccc(-c3cnn(C)c3)cn2)cn1. The normalized spacial score (nSPS) is 11.1. The molecule has 9 nitrogen and oxygen atoms in total. The molecule has 0 aliphatic heterocycles. The number of aryl methyl sites for hydroxylation is 2. The van der Waals surface area contributed by atoms with E-state index in [1.807, 2.05) is 56.8 Å². The Hall–Kier alpha value is -4.29. The number of benzene rings is 1. The van der Waals surface area contributed by atoms with Crippen molar-refractivity contribution in [2.45, 2.75) is 19.3 Å². The number of pyridine rings is 1. The lowest BCUT2D eigenvalue weighted by Crippen LogP contribution is -2.14. The third kappa shape index (κ3) is 6.85. The Balaban J connectivity index is 0.000000229. The molecule has 3 N–H and O–H groups in total. The van der Waals surface area contributed by atoms with Gasteiger partial charge in [0.25, 0.3) is 0 Å². The number of hydrogen-bond acceptors (Lipinski definition) is 6. The van der Waals surface area contributed by atoms with Crippen molar-refractivity contribution in [1.29, 1.82) is 5.26 Å². The van der Waals surface area contributed by atoms with E-state index in [2.05, 4.69) is 33.5 Å². The van der Waals surface area contributed by atoms with Crippen LogP contribution in [0.5, 0.6) is 0 Å². The molecule has 9 heteroatoms. The van der Waals surface area contributed by atoms with E-state index in [1.165, 1.54) is 5.56 Å². The van der Waals surface area contributed by atoms with Gasteiger partial charge in [-0.2, -0.15) is 15.5 Å². The number of nitriles is 1. The van der Waals surface area contributed by atoms with Crippen molar-refractivity contribution >= 4 is 11.7 Å². The van der Waals surface area contributed by atoms with E-state index in [-0.39, 0.29) is 12.3 Å². The van der Waals surface area contributed by atoms with Crippen LogP contribution in [0.2, 0.25) is 0 Å². The topological polar surface area (TPSA) is 127 Å². The minimum absolute atomic E-state index is 0.116. The number of nitrogens with zero attached hydrogens (tertiary/aromatic N) is 6. The van der Waals surface area contributed by atoms with Crippen molar-refractivity contribution in [2.24, 2.45) is 19.8 Å². The maximum atomic E-state index is 11.9. The van der Waals surface area contributed by atoms with Crippen LogP contribution in [0.4, 0.5) is 5.82 Å². The molecule has 3 heterocycles. The molecule has 1 unspecified atom stereocenters. The monoisotopic (exact) mass is 456 g/mol. The molecule has 34 heavy (non-hydrogen) atoms. The molecule has 0 aliphatic rings. The van der Waals surface area contributed by atoms with Crippen LogP contribution in [0.25, 0.3) is 11.1 Å². The Morgan fingerprint density at radius 1 is 1.03 bits per heavy atom. The highest BCUT2D eigenvalue weighted by Gasteiger charge is 2.07. The quantitative estimate of drug-likeness (QED) is 0.459. The van der Waals surface area contributed by atoms with Crippen LogP contribution in [0.1, 0.15) is 29.5 Å². The first-order valence-electron chi connectivity index (χ1n) is 10.8. The fourth-order valence-electron chi connectivity index (χ4n) is 3.17. The molecule has 0 saturated carbocycles. The number of hydrogen-bond donors (Lipinski definition) is 2. The van der Waals surface area contributed by atoms with E-state index in [0.717, 1.165) is 16.7 Å². The summed E-state index contributed by atoms with van der Waals surface area (Å²) in [7, 11) is 3.68. The predicted molar refractivity (Wildman–Crippen MR) is 131 cm³/mol. The molecular weight excluding hydrogens is 428 g/mol. The van der Waals surface area contributed by atoms with Crippen LogP contribution in [0.3, 0.4) is 0 Å². The average molecular weight is 457 g/mol. The molecule has 1 atom stereocenters. The predicted octanol–water partition coefficient (Wildman–Crippen LogP) is 3.02. The minimum atomic E-state index is -0.116. The molecule has 1 amide bonds. The molecule has 0 bridgehead atoms. The number of amides is 1. The molecule has 0 fully saturated rings. The van der Waals surface area contributed by atoms with E-state index in [1.54, 1.807) is 34.0 Å². The Morgan fingerprint density at radius 2 is 1.74 bits per heavy atom. The molecule has 0 saturated heterocycles. The fraction of sp³-hybridized carbons (Fsp3) is 0.240. The zero-order valence-electron chi connectivity index (χ0n) is 19.5. The molecule has 3 aromatic heterocycles. The first kappa shape index (κ1) is 24.4. The van der Waals surface area contributed by atoms with Gasteiger partial charge in [0.2, 0.25) is 5.91 Å². The van der Waals surface area contributed by atoms with Crippen LogP contribution in [-0.4, -0.2) is 37.0 Å². The standard InChI is InChI=1S/C15H16N6O.C10H12N2/c1-20-9-11(6-17-20)5-15(22)19-14-4-3-12(7-16-14)13-8-18-21(2)10-13;1-8(6-11)10-4-2-9(7-12)3-5-10/h3-4,6-10H,5H2,1-2H3,(H,16,19,22);2-5,8H,6,11H2,1H3. The number of rotatable bonds is 6. The minimum Gasteiger partial charge on any atom is -0.330 e. The van der Waals surface area contributed by atoms with Crippen LogP contribution in [0, 0.1) is 11.3 Å². The molecule has 0 spiro atoms. The number of carbonyl (C=O) groups is 1. The largest absolute Gasteiger partial charge is 0.330 e. The van der Waals surface area contributed by atoms with Gasteiger partial charge in [-0.05, 0) is 47.9 Å². The Bertz CT molecular complexity index is 1250. The van der Waals surface area contributed by atoms with E-state index in [0.29, 0.717) is 23.8 Å². The van der Waals surface area contributed by atoms with Gasteiger partial charge >= 0.3 is 0 Å². The number of nitrogens with one attached hydrogen (secondary N) is 1. The smallest absolute Gasteiger partial charge is 0.230 e. The third-order valence-corrected chi connectivity index (χ3v) is 5.15. The third-order valence-electron chi connectivity index (χ3n) is 5.15. The zero-order chi connectivity index (χ0) is 24.5. The molecule has 4 rings (SSSR count). The van der Waals surface area contributed by atoms with E-state index >= 15 is 0 Å².